The highest BCUT2D eigenvalue weighted by Gasteiger charge is 2.29. The number of aromatic carboxylic acids is 1. The fourth-order valence-electron chi connectivity index (χ4n) is 2.26. The molecule has 0 saturated carbocycles. The van der Waals surface area contributed by atoms with Crippen LogP contribution in [0.25, 0.3) is 15.9 Å². The van der Waals surface area contributed by atoms with Crippen LogP contribution < -0.4 is 0 Å². The number of fused-ring (bicyclic) bond motifs is 1. The molecule has 7 heteroatoms. The lowest BCUT2D eigenvalue weighted by Gasteiger charge is -2.20. The smallest absolute Gasteiger partial charge is 0.358 e. The second-order valence-electron chi connectivity index (χ2n) is 5.76. The molecule has 1 aromatic carbocycles. The van der Waals surface area contributed by atoms with Crippen molar-refractivity contribution in [2.75, 3.05) is 0 Å². The third-order valence-corrected chi connectivity index (χ3v) is 3.93. The SMILES string of the molecule is CC(C)(C)c1c(C(=O)O)nnn1-c1ccc2ncsc2c1. The van der Waals surface area contributed by atoms with E-state index in [1.54, 1.807) is 10.2 Å². The zero-order chi connectivity index (χ0) is 15.2. The van der Waals surface area contributed by atoms with E-state index in [-0.39, 0.29) is 11.1 Å². The van der Waals surface area contributed by atoms with E-state index in [2.05, 4.69) is 15.3 Å². The van der Waals surface area contributed by atoms with Crippen LogP contribution in [0.2, 0.25) is 0 Å². The normalized spacial score (nSPS) is 12.0. The third-order valence-electron chi connectivity index (χ3n) is 3.14. The number of hydrogen-bond donors (Lipinski definition) is 1. The summed E-state index contributed by atoms with van der Waals surface area (Å²) in [7, 11) is 0. The molecule has 3 rings (SSSR count). The molecule has 6 nitrogen and oxygen atoms in total. The fraction of sp³-hybridized carbons (Fsp3) is 0.286. The van der Waals surface area contributed by atoms with Crippen molar-refractivity contribution in [3.05, 3.63) is 35.1 Å². The summed E-state index contributed by atoms with van der Waals surface area (Å²) < 4.78 is 2.63. The van der Waals surface area contributed by atoms with Gasteiger partial charge in [-0.15, -0.1) is 16.4 Å². The van der Waals surface area contributed by atoms with Crippen LogP contribution in [-0.4, -0.2) is 31.1 Å². The molecule has 0 aliphatic rings. The van der Waals surface area contributed by atoms with E-state index in [1.165, 1.54) is 11.3 Å². The van der Waals surface area contributed by atoms with Crippen LogP contribution in [0, 0.1) is 0 Å². The summed E-state index contributed by atoms with van der Waals surface area (Å²) >= 11 is 1.53. The van der Waals surface area contributed by atoms with Crippen molar-refractivity contribution >= 4 is 27.5 Å². The van der Waals surface area contributed by atoms with Gasteiger partial charge in [0.15, 0.2) is 5.69 Å². The third kappa shape index (κ3) is 2.29. The molecule has 1 N–H and O–H groups in total. The molecule has 0 amide bonds. The van der Waals surface area contributed by atoms with Crippen LogP contribution in [0.4, 0.5) is 0 Å². The van der Waals surface area contributed by atoms with Crippen LogP contribution in [-0.2, 0) is 5.41 Å². The maximum atomic E-state index is 11.4. The zero-order valence-corrected chi connectivity index (χ0v) is 12.7. The van der Waals surface area contributed by atoms with Crippen molar-refractivity contribution in [2.24, 2.45) is 0 Å². The first-order valence-corrected chi connectivity index (χ1v) is 7.29. The van der Waals surface area contributed by atoms with Crippen LogP contribution >= 0.6 is 11.3 Å². The average molecular weight is 302 g/mol. The lowest BCUT2D eigenvalue weighted by Crippen LogP contribution is -2.21. The summed E-state index contributed by atoms with van der Waals surface area (Å²) in [5, 5.41) is 17.2. The molecule has 0 aliphatic heterocycles. The Hall–Kier alpha value is -2.28. The molecule has 0 radical (unpaired) electrons. The fourth-order valence-corrected chi connectivity index (χ4v) is 2.97. The van der Waals surface area contributed by atoms with E-state index >= 15 is 0 Å². The van der Waals surface area contributed by atoms with Crippen LogP contribution in [0.5, 0.6) is 0 Å². The Morgan fingerprint density at radius 2 is 2.10 bits per heavy atom. The van der Waals surface area contributed by atoms with Crippen LogP contribution in [0.3, 0.4) is 0 Å². The Balaban J connectivity index is 2.24. The molecule has 0 bridgehead atoms. The van der Waals surface area contributed by atoms with E-state index in [0.717, 1.165) is 15.9 Å². The van der Waals surface area contributed by atoms with Gasteiger partial charge in [-0.3, -0.25) is 0 Å². The summed E-state index contributed by atoms with van der Waals surface area (Å²) in [6.07, 6.45) is 0. The first-order valence-electron chi connectivity index (χ1n) is 6.41. The summed E-state index contributed by atoms with van der Waals surface area (Å²) in [6.45, 7) is 5.83. The molecule has 0 unspecified atom stereocenters. The highest BCUT2D eigenvalue weighted by Crippen LogP contribution is 2.28. The van der Waals surface area contributed by atoms with Crippen LogP contribution in [0.15, 0.2) is 23.7 Å². The summed E-state index contributed by atoms with van der Waals surface area (Å²) in [6, 6.07) is 5.72. The van der Waals surface area contributed by atoms with E-state index in [0.29, 0.717) is 5.69 Å². The number of rotatable bonds is 2. The molecule has 21 heavy (non-hydrogen) atoms. The molecule has 0 saturated heterocycles. The Morgan fingerprint density at radius 3 is 2.76 bits per heavy atom. The topological polar surface area (TPSA) is 80.9 Å². The predicted molar refractivity (Wildman–Crippen MR) is 80.2 cm³/mol. The van der Waals surface area contributed by atoms with Gasteiger partial charge in [0.1, 0.15) is 0 Å². The van der Waals surface area contributed by atoms with Gasteiger partial charge in [-0.1, -0.05) is 26.0 Å². The van der Waals surface area contributed by atoms with Gasteiger partial charge in [-0.25, -0.2) is 14.5 Å². The van der Waals surface area contributed by atoms with Gasteiger partial charge in [0.05, 0.1) is 27.1 Å². The lowest BCUT2D eigenvalue weighted by molar-refractivity contribution is 0.0687. The van der Waals surface area contributed by atoms with E-state index < -0.39 is 5.97 Å². The maximum absolute atomic E-state index is 11.4. The van der Waals surface area contributed by atoms with Gasteiger partial charge in [0, 0.05) is 5.41 Å². The van der Waals surface area contributed by atoms with Crippen molar-refractivity contribution in [3.8, 4) is 5.69 Å². The largest absolute Gasteiger partial charge is 0.476 e. The van der Waals surface area contributed by atoms with E-state index in [9.17, 15) is 9.90 Å². The summed E-state index contributed by atoms with van der Waals surface area (Å²) in [5.74, 6) is -1.06. The Labute approximate surface area is 125 Å². The number of hydrogen-bond acceptors (Lipinski definition) is 5. The zero-order valence-electron chi connectivity index (χ0n) is 11.9. The first-order chi connectivity index (χ1) is 9.88. The Kier molecular flexibility index (Phi) is 3.02. The van der Waals surface area contributed by atoms with Crippen LogP contribution in [0.1, 0.15) is 37.0 Å². The van der Waals surface area contributed by atoms with Crippen molar-refractivity contribution in [1.82, 2.24) is 20.0 Å². The number of benzene rings is 1. The van der Waals surface area contributed by atoms with Crippen molar-refractivity contribution in [2.45, 2.75) is 26.2 Å². The van der Waals surface area contributed by atoms with Crippen molar-refractivity contribution in [1.29, 1.82) is 0 Å². The van der Waals surface area contributed by atoms with Gasteiger partial charge in [-0.2, -0.15) is 0 Å². The number of aromatic nitrogens is 4. The minimum atomic E-state index is -1.06. The van der Waals surface area contributed by atoms with Gasteiger partial charge < -0.3 is 5.11 Å². The molecule has 0 fully saturated rings. The Bertz CT molecular complexity index is 829. The summed E-state index contributed by atoms with van der Waals surface area (Å²) in [5.41, 5.74) is 3.67. The molecule has 2 heterocycles. The van der Waals surface area contributed by atoms with E-state index in [1.807, 2.05) is 39.0 Å². The molecule has 108 valence electrons. The van der Waals surface area contributed by atoms with Gasteiger partial charge in [0.2, 0.25) is 0 Å². The minimum Gasteiger partial charge on any atom is -0.476 e. The molecular formula is C14H14N4O2S. The number of thiazole rings is 1. The molecule has 3 aromatic rings. The Morgan fingerprint density at radius 1 is 1.33 bits per heavy atom. The van der Waals surface area contributed by atoms with Gasteiger partial charge >= 0.3 is 5.97 Å². The van der Waals surface area contributed by atoms with Crippen molar-refractivity contribution < 1.29 is 9.90 Å². The molecule has 0 aliphatic carbocycles. The standard InChI is InChI=1S/C14H14N4O2S/c1-14(2,3)12-11(13(19)20)16-17-18(12)8-4-5-9-10(6-8)21-7-15-9/h4-7H,1-3H3,(H,19,20). The second-order valence-corrected chi connectivity index (χ2v) is 6.64. The summed E-state index contributed by atoms with van der Waals surface area (Å²) in [4.78, 5) is 15.6. The quantitative estimate of drug-likeness (QED) is 0.787. The number of carboxylic acids is 1. The second kappa shape index (κ2) is 4.63. The van der Waals surface area contributed by atoms with Gasteiger partial charge in [0.25, 0.3) is 0 Å². The molecular weight excluding hydrogens is 288 g/mol. The lowest BCUT2D eigenvalue weighted by atomic mass is 9.90. The van der Waals surface area contributed by atoms with Crippen molar-refractivity contribution in [3.63, 3.8) is 0 Å². The number of carbonyl (C=O) groups is 1. The predicted octanol–water partition coefficient (Wildman–Crippen LogP) is 2.87. The number of carboxylic acid groups (broad SMARTS) is 1. The van der Waals surface area contributed by atoms with E-state index in [4.69, 9.17) is 0 Å². The molecule has 0 atom stereocenters. The minimum absolute atomic E-state index is 0.00750. The monoisotopic (exact) mass is 302 g/mol. The number of nitrogens with zero attached hydrogens (tertiary/aromatic N) is 4. The maximum Gasteiger partial charge on any atom is 0.358 e. The first kappa shape index (κ1) is 13.7. The van der Waals surface area contributed by atoms with Gasteiger partial charge in [-0.05, 0) is 18.2 Å². The average Bonchev–Trinajstić information content (AvgIpc) is 3.03. The highest BCUT2D eigenvalue weighted by atomic mass is 32.1. The molecule has 2 aromatic heterocycles. The molecule has 0 spiro atoms. The highest BCUT2D eigenvalue weighted by molar-refractivity contribution is 7.16.